The summed E-state index contributed by atoms with van der Waals surface area (Å²) in [6, 6.07) is 14.9. The molecule has 1 N–H and O–H groups in total. The zero-order valence-corrected chi connectivity index (χ0v) is 12.9. The molecule has 100 valence electrons. The molecule has 0 spiro atoms. The minimum absolute atomic E-state index is 0.297. The Morgan fingerprint density at radius 3 is 2.90 bits per heavy atom. The van der Waals surface area contributed by atoms with Gasteiger partial charge in [-0.2, -0.15) is 5.26 Å². The van der Waals surface area contributed by atoms with Crippen LogP contribution < -0.4 is 5.32 Å². The lowest BCUT2D eigenvalue weighted by Gasteiger charge is -2.17. The van der Waals surface area contributed by atoms with E-state index in [0.29, 0.717) is 11.6 Å². The number of hydrogen-bond acceptors (Lipinski definition) is 2. The van der Waals surface area contributed by atoms with Gasteiger partial charge in [-0.1, -0.05) is 39.7 Å². The fourth-order valence-electron chi connectivity index (χ4n) is 2.79. The fourth-order valence-corrected chi connectivity index (χ4v) is 3.15. The molecule has 0 saturated carbocycles. The molecule has 0 bridgehead atoms. The number of halogens is 1. The third kappa shape index (κ3) is 2.44. The maximum absolute atomic E-state index is 9.22. The summed E-state index contributed by atoms with van der Waals surface area (Å²) in [5.74, 6) is 0. The van der Waals surface area contributed by atoms with Crippen LogP contribution in [0.15, 0.2) is 40.9 Å². The van der Waals surface area contributed by atoms with Crippen LogP contribution in [0.3, 0.4) is 0 Å². The highest BCUT2D eigenvalue weighted by Gasteiger charge is 2.23. The highest BCUT2D eigenvalue weighted by molar-refractivity contribution is 9.10. The maximum atomic E-state index is 9.22. The van der Waals surface area contributed by atoms with Crippen molar-refractivity contribution in [1.82, 2.24) is 0 Å². The van der Waals surface area contributed by atoms with Crippen LogP contribution in [0.4, 0.5) is 5.69 Å². The predicted octanol–water partition coefficient (Wildman–Crippen LogP) is 4.73. The monoisotopic (exact) mass is 326 g/mol. The van der Waals surface area contributed by atoms with E-state index in [-0.39, 0.29) is 0 Å². The molecule has 1 aliphatic rings. The average Bonchev–Trinajstić information content (AvgIpc) is 2.82. The van der Waals surface area contributed by atoms with E-state index in [2.05, 4.69) is 52.4 Å². The first kappa shape index (κ1) is 13.2. The maximum Gasteiger partial charge on any atom is 0.101 e. The van der Waals surface area contributed by atoms with Crippen molar-refractivity contribution in [2.45, 2.75) is 25.8 Å². The van der Waals surface area contributed by atoms with Crippen LogP contribution in [-0.2, 0) is 6.42 Å². The van der Waals surface area contributed by atoms with Gasteiger partial charge >= 0.3 is 0 Å². The van der Waals surface area contributed by atoms with Crippen LogP contribution in [0.2, 0.25) is 0 Å². The number of rotatable bonds is 2. The van der Waals surface area contributed by atoms with Gasteiger partial charge < -0.3 is 5.32 Å². The van der Waals surface area contributed by atoms with Crippen molar-refractivity contribution < 1.29 is 0 Å². The molecule has 0 radical (unpaired) electrons. The van der Waals surface area contributed by atoms with Crippen LogP contribution in [0, 0.1) is 18.3 Å². The van der Waals surface area contributed by atoms with Gasteiger partial charge in [-0.3, -0.25) is 0 Å². The van der Waals surface area contributed by atoms with E-state index in [9.17, 15) is 5.26 Å². The van der Waals surface area contributed by atoms with Gasteiger partial charge in [0.05, 0.1) is 17.3 Å². The molecule has 0 fully saturated rings. The second-order valence-corrected chi connectivity index (χ2v) is 6.16. The van der Waals surface area contributed by atoms with Crippen LogP contribution in [-0.4, -0.2) is 0 Å². The molecule has 2 aromatic rings. The van der Waals surface area contributed by atoms with Gasteiger partial charge in [0.2, 0.25) is 0 Å². The Labute approximate surface area is 127 Å². The van der Waals surface area contributed by atoms with Gasteiger partial charge in [0.15, 0.2) is 0 Å². The van der Waals surface area contributed by atoms with E-state index < -0.39 is 0 Å². The molecule has 1 unspecified atom stereocenters. The Morgan fingerprint density at radius 2 is 2.10 bits per heavy atom. The van der Waals surface area contributed by atoms with Crippen molar-refractivity contribution in [3.8, 4) is 6.07 Å². The summed E-state index contributed by atoms with van der Waals surface area (Å²) in [4.78, 5) is 0. The quantitative estimate of drug-likeness (QED) is 0.866. The van der Waals surface area contributed by atoms with E-state index in [1.165, 1.54) is 16.7 Å². The number of fused-ring (bicyclic) bond motifs is 1. The molecule has 0 saturated heterocycles. The van der Waals surface area contributed by atoms with Crippen LogP contribution in [0.25, 0.3) is 0 Å². The number of anilines is 1. The van der Waals surface area contributed by atoms with Gasteiger partial charge in [-0.05, 0) is 49.1 Å². The number of hydrogen-bond donors (Lipinski definition) is 1. The van der Waals surface area contributed by atoms with Crippen molar-refractivity contribution in [2.24, 2.45) is 0 Å². The topological polar surface area (TPSA) is 35.8 Å². The number of nitriles is 1. The molecule has 1 aliphatic carbocycles. The predicted molar refractivity (Wildman–Crippen MR) is 84.7 cm³/mol. The van der Waals surface area contributed by atoms with E-state index in [0.717, 1.165) is 23.0 Å². The summed E-state index contributed by atoms with van der Waals surface area (Å²) in [5, 5.41) is 12.7. The van der Waals surface area contributed by atoms with Gasteiger partial charge in [0.1, 0.15) is 6.07 Å². The number of benzene rings is 2. The molecule has 3 heteroatoms. The Bertz CT molecular complexity index is 701. The minimum Gasteiger partial charge on any atom is -0.377 e. The van der Waals surface area contributed by atoms with Gasteiger partial charge in [-0.15, -0.1) is 0 Å². The number of nitrogens with one attached hydrogen (secondary N) is 1. The molecule has 0 heterocycles. The molecule has 2 nitrogen and oxygen atoms in total. The highest BCUT2D eigenvalue weighted by atomic mass is 79.9. The molecule has 0 amide bonds. The lowest BCUT2D eigenvalue weighted by atomic mass is 10.0. The van der Waals surface area contributed by atoms with Gasteiger partial charge in [0, 0.05) is 4.47 Å². The van der Waals surface area contributed by atoms with Crippen LogP contribution in [0.1, 0.15) is 34.7 Å². The Kier molecular flexibility index (Phi) is 3.50. The number of aryl methyl sites for hydroxylation is 2. The van der Waals surface area contributed by atoms with Crippen LogP contribution >= 0.6 is 15.9 Å². The molecule has 0 aliphatic heterocycles. The first-order valence-corrected chi connectivity index (χ1v) is 7.52. The second-order valence-electron chi connectivity index (χ2n) is 5.24. The minimum atomic E-state index is 0.297. The summed E-state index contributed by atoms with van der Waals surface area (Å²) in [5.41, 5.74) is 5.67. The summed E-state index contributed by atoms with van der Waals surface area (Å²) in [6.07, 6.45) is 2.18. The SMILES string of the molecule is Cc1ccc2c(c1)C(Nc1cc(Br)ccc1C#N)CC2. The highest BCUT2D eigenvalue weighted by Crippen LogP contribution is 2.35. The molecular weight excluding hydrogens is 312 g/mol. The Morgan fingerprint density at radius 1 is 1.25 bits per heavy atom. The van der Waals surface area contributed by atoms with Crippen molar-refractivity contribution >= 4 is 21.6 Å². The molecule has 1 atom stereocenters. The smallest absolute Gasteiger partial charge is 0.101 e. The van der Waals surface area contributed by atoms with Crippen LogP contribution in [0.5, 0.6) is 0 Å². The Balaban J connectivity index is 1.93. The fraction of sp³-hybridized carbons (Fsp3) is 0.235. The molecule has 3 rings (SSSR count). The summed E-state index contributed by atoms with van der Waals surface area (Å²) in [7, 11) is 0. The largest absolute Gasteiger partial charge is 0.377 e. The van der Waals surface area contributed by atoms with Gasteiger partial charge in [0.25, 0.3) is 0 Å². The standard InChI is InChI=1S/C17H15BrN2/c1-11-2-3-12-5-7-16(15(12)8-11)20-17-9-14(18)6-4-13(17)10-19/h2-4,6,8-9,16,20H,5,7H2,1H3. The van der Waals surface area contributed by atoms with Crippen molar-refractivity contribution in [3.05, 3.63) is 63.1 Å². The van der Waals surface area contributed by atoms with Crippen molar-refractivity contribution in [2.75, 3.05) is 5.32 Å². The van der Waals surface area contributed by atoms with E-state index in [4.69, 9.17) is 0 Å². The molecule has 20 heavy (non-hydrogen) atoms. The summed E-state index contributed by atoms with van der Waals surface area (Å²) < 4.78 is 0.987. The summed E-state index contributed by atoms with van der Waals surface area (Å²) >= 11 is 3.47. The third-order valence-electron chi connectivity index (χ3n) is 3.81. The zero-order chi connectivity index (χ0) is 14.1. The zero-order valence-electron chi connectivity index (χ0n) is 11.3. The molecular formula is C17H15BrN2. The molecule has 0 aromatic heterocycles. The number of nitrogens with zero attached hydrogens (tertiary/aromatic N) is 1. The third-order valence-corrected chi connectivity index (χ3v) is 4.30. The summed E-state index contributed by atoms with van der Waals surface area (Å²) in [6.45, 7) is 2.12. The average molecular weight is 327 g/mol. The van der Waals surface area contributed by atoms with E-state index in [1.54, 1.807) is 0 Å². The molecule has 2 aromatic carbocycles. The normalized spacial score (nSPS) is 16.6. The Hall–Kier alpha value is -1.79. The van der Waals surface area contributed by atoms with E-state index in [1.807, 2.05) is 18.2 Å². The first-order valence-electron chi connectivity index (χ1n) is 6.73. The van der Waals surface area contributed by atoms with Crippen molar-refractivity contribution in [1.29, 1.82) is 5.26 Å². The second kappa shape index (κ2) is 5.30. The lowest BCUT2D eigenvalue weighted by Crippen LogP contribution is -2.08. The lowest BCUT2D eigenvalue weighted by molar-refractivity contribution is 0.761. The van der Waals surface area contributed by atoms with E-state index >= 15 is 0 Å². The first-order chi connectivity index (χ1) is 9.67. The van der Waals surface area contributed by atoms with Gasteiger partial charge in [-0.25, -0.2) is 0 Å². The van der Waals surface area contributed by atoms with Crippen molar-refractivity contribution in [3.63, 3.8) is 0 Å².